The van der Waals surface area contributed by atoms with E-state index in [0.29, 0.717) is 28.7 Å². The Morgan fingerprint density at radius 3 is 2.68 bits per heavy atom. The molecule has 0 unspecified atom stereocenters. The molecule has 0 spiro atoms. The lowest BCUT2D eigenvalue weighted by Crippen LogP contribution is -2.20. The lowest BCUT2D eigenvalue weighted by molar-refractivity contribution is -0.142. The van der Waals surface area contributed by atoms with Crippen LogP contribution in [0.15, 0.2) is 42.5 Å². The first-order valence-corrected chi connectivity index (χ1v) is 8.72. The van der Waals surface area contributed by atoms with Crippen molar-refractivity contribution in [2.24, 2.45) is 0 Å². The van der Waals surface area contributed by atoms with Gasteiger partial charge < -0.3 is 19.5 Å². The van der Waals surface area contributed by atoms with E-state index in [-0.39, 0.29) is 5.69 Å². The monoisotopic (exact) mass is 407 g/mol. The van der Waals surface area contributed by atoms with Crippen molar-refractivity contribution in [2.45, 2.75) is 6.92 Å². The topological polar surface area (TPSA) is 73.9 Å². The number of nitrogens with one attached hydrogen (secondary N) is 1. The van der Waals surface area contributed by atoms with Gasteiger partial charge in [-0.1, -0.05) is 23.7 Å². The summed E-state index contributed by atoms with van der Waals surface area (Å²) in [5, 5.41) is 2.65. The molecule has 2 aromatic rings. The van der Waals surface area contributed by atoms with Crippen molar-refractivity contribution in [1.29, 1.82) is 0 Å². The Morgan fingerprint density at radius 2 is 2.00 bits per heavy atom. The van der Waals surface area contributed by atoms with Crippen LogP contribution in [-0.4, -0.2) is 32.2 Å². The summed E-state index contributed by atoms with van der Waals surface area (Å²) in [6.45, 7) is 1.69. The highest BCUT2D eigenvalue weighted by Crippen LogP contribution is 2.36. The van der Waals surface area contributed by atoms with Crippen molar-refractivity contribution in [3.8, 4) is 11.5 Å². The van der Waals surface area contributed by atoms with E-state index in [1.807, 2.05) is 6.92 Å². The van der Waals surface area contributed by atoms with E-state index in [4.69, 9.17) is 25.8 Å². The molecular weight excluding hydrogens is 389 g/mol. The molecule has 1 amide bonds. The lowest BCUT2D eigenvalue weighted by Gasteiger charge is -2.11. The molecule has 148 valence electrons. The Kier molecular flexibility index (Phi) is 7.83. The Morgan fingerprint density at radius 1 is 1.25 bits per heavy atom. The molecule has 0 bridgehead atoms. The highest BCUT2D eigenvalue weighted by atomic mass is 35.5. The molecule has 0 saturated heterocycles. The van der Waals surface area contributed by atoms with Crippen LogP contribution >= 0.6 is 11.6 Å². The van der Waals surface area contributed by atoms with Gasteiger partial charge in [0, 0.05) is 6.08 Å². The highest BCUT2D eigenvalue weighted by molar-refractivity contribution is 6.32. The van der Waals surface area contributed by atoms with Crippen molar-refractivity contribution >= 4 is 35.2 Å². The number of hydrogen-bond acceptors (Lipinski definition) is 5. The predicted molar refractivity (Wildman–Crippen MR) is 104 cm³/mol. The molecule has 0 saturated carbocycles. The summed E-state index contributed by atoms with van der Waals surface area (Å²) in [6, 6.07) is 8.93. The number of ether oxygens (including phenoxy) is 3. The SMILES string of the molecule is CCOc1c(Cl)cc(/C=C/C(=O)OCC(=O)Nc2ccccc2F)cc1OC. The number of amides is 1. The van der Waals surface area contributed by atoms with Gasteiger partial charge in [0.15, 0.2) is 18.1 Å². The van der Waals surface area contributed by atoms with Crippen LogP contribution in [0.1, 0.15) is 12.5 Å². The van der Waals surface area contributed by atoms with E-state index >= 15 is 0 Å². The van der Waals surface area contributed by atoms with Gasteiger partial charge in [-0.25, -0.2) is 9.18 Å². The number of benzene rings is 2. The van der Waals surface area contributed by atoms with Gasteiger partial charge in [-0.05, 0) is 42.8 Å². The molecular formula is C20H19ClFNO5. The van der Waals surface area contributed by atoms with E-state index in [9.17, 15) is 14.0 Å². The summed E-state index contributed by atoms with van der Waals surface area (Å²) < 4.78 is 28.9. The minimum atomic E-state index is -0.743. The van der Waals surface area contributed by atoms with E-state index in [1.165, 1.54) is 31.4 Å². The molecule has 0 aliphatic carbocycles. The van der Waals surface area contributed by atoms with Crippen LogP contribution in [0.3, 0.4) is 0 Å². The summed E-state index contributed by atoms with van der Waals surface area (Å²) in [6.07, 6.45) is 2.60. The third-order valence-corrected chi connectivity index (χ3v) is 3.73. The molecule has 28 heavy (non-hydrogen) atoms. The van der Waals surface area contributed by atoms with E-state index in [2.05, 4.69) is 5.32 Å². The van der Waals surface area contributed by atoms with Crippen molar-refractivity contribution in [3.05, 3.63) is 58.9 Å². The second kappa shape index (κ2) is 10.3. The van der Waals surface area contributed by atoms with Crippen LogP contribution in [0.2, 0.25) is 5.02 Å². The molecule has 8 heteroatoms. The highest BCUT2D eigenvalue weighted by Gasteiger charge is 2.11. The van der Waals surface area contributed by atoms with Gasteiger partial charge in [-0.3, -0.25) is 4.79 Å². The summed E-state index contributed by atoms with van der Waals surface area (Å²) >= 11 is 6.16. The standard InChI is InChI=1S/C20H19ClFNO5/c1-3-27-20-14(21)10-13(11-17(20)26-2)8-9-19(25)28-12-18(24)23-16-7-5-4-6-15(16)22/h4-11H,3,12H2,1-2H3,(H,23,24)/b9-8+. The number of carbonyl (C=O) groups is 2. The quantitative estimate of drug-likeness (QED) is 0.527. The van der Waals surface area contributed by atoms with Crippen molar-refractivity contribution in [2.75, 3.05) is 25.6 Å². The zero-order valence-corrected chi connectivity index (χ0v) is 16.1. The maximum atomic E-state index is 13.5. The fourth-order valence-electron chi connectivity index (χ4n) is 2.22. The molecule has 1 N–H and O–H groups in total. The Hall–Kier alpha value is -3.06. The fourth-order valence-corrected chi connectivity index (χ4v) is 2.49. The molecule has 6 nitrogen and oxygen atoms in total. The zero-order valence-electron chi connectivity index (χ0n) is 15.3. The molecule has 0 aliphatic rings. The second-order valence-corrected chi connectivity index (χ2v) is 5.84. The van der Waals surface area contributed by atoms with Gasteiger partial charge in [0.05, 0.1) is 24.4 Å². The van der Waals surface area contributed by atoms with E-state index < -0.39 is 24.3 Å². The van der Waals surface area contributed by atoms with E-state index in [0.717, 1.165) is 6.08 Å². The largest absolute Gasteiger partial charge is 0.493 e. The Bertz CT molecular complexity index is 885. The van der Waals surface area contributed by atoms with Gasteiger partial charge in [-0.2, -0.15) is 0 Å². The first kappa shape index (κ1) is 21.2. The van der Waals surface area contributed by atoms with E-state index in [1.54, 1.807) is 18.2 Å². The fraction of sp³-hybridized carbons (Fsp3) is 0.200. The average molecular weight is 408 g/mol. The van der Waals surface area contributed by atoms with Crippen LogP contribution in [0.25, 0.3) is 6.08 Å². The number of rotatable bonds is 8. The normalized spacial score (nSPS) is 10.6. The molecule has 0 heterocycles. The number of methoxy groups -OCH3 is 1. The molecule has 0 aromatic heterocycles. The number of anilines is 1. The number of esters is 1. The number of para-hydroxylation sites is 1. The summed E-state index contributed by atoms with van der Waals surface area (Å²) in [4.78, 5) is 23.5. The molecule has 0 aliphatic heterocycles. The van der Waals surface area contributed by atoms with Gasteiger partial charge in [0.2, 0.25) is 0 Å². The summed E-state index contributed by atoms with van der Waals surface area (Å²) in [7, 11) is 1.48. The third kappa shape index (κ3) is 5.99. The van der Waals surface area contributed by atoms with Crippen LogP contribution in [-0.2, 0) is 14.3 Å². The molecule has 0 fully saturated rings. The van der Waals surface area contributed by atoms with Crippen molar-refractivity contribution < 1.29 is 28.2 Å². The molecule has 2 aromatic carbocycles. The van der Waals surface area contributed by atoms with Gasteiger partial charge >= 0.3 is 5.97 Å². The van der Waals surface area contributed by atoms with Crippen molar-refractivity contribution in [1.82, 2.24) is 0 Å². The Balaban J connectivity index is 1.94. The average Bonchev–Trinajstić information content (AvgIpc) is 2.68. The van der Waals surface area contributed by atoms with Gasteiger partial charge in [0.1, 0.15) is 5.82 Å². The van der Waals surface area contributed by atoms with Gasteiger partial charge in [-0.15, -0.1) is 0 Å². The number of carbonyl (C=O) groups excluding carboxylic acids is 2. The van der Waals surface area contributed by atoms with Crippen LogP contribution in [0.4, 0.5) is 10.1 Å². The van der Waals surface area contributed by atoms with Gasteiger partial charge in [0.25, 0.3) is 5.91 Å². The molecule has 0 atom stereocenters. The number of halogens is 2. The minimum absolute atomic E-state index is 0.00946. The Labute approximate surface area is 166 Å². The maximum Gasteiger partial charge on any atom is 0.331 e. The first-order chi connectivity index (χ1) is 13.4. The smallest absolute Gasteiger partial charge is 0.331 e. The summed E-state index contributed by atoms with van der Waals surface area (Å²) in [5.74, 6) is -1.14. The zero-order chi connectivity index (χ0) is 20.5. The summed E-state index contributed by atoms with van der Waals surface area (Å²) in [5.41, 5.74) is 0.591. The maximum absolute atomic E-state index is 13.5. The van der Waals surface area contributed by atoms with Crippen LogP contribution in [0, 0.1) is 5.82 Å². The minimum Gasteiger partial charge on any atom is -0.493 e. The lowest BCUT2D eigenvalue weighted by atomic mass is 10.2. The molecule has 0 radical (unpaired) electrons. The van der Waals surface area contributed by atoms with Crippen LogP contribution in [0.5, 0.6) is 11.5 Å². The van der Waals surface area contributed by atoms with Crippen molar-refractivity contribution in [3.63, 3.8) is 0 Å². The molecule has 2 rings (SSSR count). The third-order valence-electron chi connectivity index (χ3n) is 3.45. The second-order valence-electron chi connectivity index (χ2n) is 5.44. The van der Waals surface area contributed by atoms with Crippen LogP contribution < -0.4 is 14.8 Å². The first-order valence-electron chi connectivity index (χ1n) is 8.34. The number of hydrogen-bond donors (Lipinski definition) is 1. The predicted octanol–water partition coefficient (Wildman–Crippen LogP) is 4.08.